The Labute approximate surface area is 114 Å². The first-order valence-corrected chi connectivity index (χ1v) is 6.91. The van der Waals surface area contributed by atoms with Crippen molar-refractivity contribution in [2.45, 2.75) is 39.7 Å². The average Bonchev–Trinajstić information content (AvgIpc) is 2.84. The number of aryl methyl sites for hydroxylation is 1. The van der Waals surface area contributed by atoms with Crippen LogP contribution in [0, 0.1) is 12.3 Å². The van der Waals surface area contributed by atoms with Crippen LogP contribution >= 0.6 is 0 Å². The third kappa shape index (κ3) is 2.94. The second-order valence-corrected chi connectivity index (χ2v) is 5.41. The standard InChI is InChI=1S/C13H23N5O/c1-4-13(6-5-7-14-9-13)12(19)18(3)8-11-15-10(2)16-17-11/h14H,4-9H2,1-3H3,(H,15,16,17). The van der Waals surface area contributed by atoms with E-state index in [4.69, 9.17) is 0 Å². The molecule has 1 aromatic rings. The fourth-order valence-electron chi connectivity index (χ4n) is 2.75. The van der Waals surface area contributed by atoms with Gasteiger partial charge < -0.3 is 10.2 Å². The van der Waals surface area contributed by atoms with E-state index in [1.807, 2.05) is 14.0 Å². The Hall–Kier alpha value is -1.43. The van der Waals surface area contributed by atoms with Gasteiger partial charge in [-0.05, 0) is 32.7 Å². The van der Waals surface area contributed by atoms with Crippen molar-refractivity contribution in [2.75, 3.05) is 20.1 Å². The van der Waals surface area contributed by atoms with E-state index in [0.29, 0.717) is 12.4 Å². The lowest BCUT2D eigenvalue weighted by molar-refractivity contribution is -0.142. The highest BCUT2D eigenvalue weighted by molar-refractivity contribution is 5.82. The molecule has 0 saturated carbocycles. The van der Waals surface area contributed by atoms with Crippen LogP contribution in [0.25, 0.3) is 0 Å². The molecule has 1 aromatic heterocycles. The summed E-state index contributed by atoms with van der Waals surface area (Å²) >= 11 is 0. The van der Waals surface area contributed by atoms with Crippen molar-refractivity contribution < 1.29 is 4.79 Å². The zero-order chi connectivity index (χ0) is 13.9. The number of aromatic amines is 1. The number of amides is 1. The second-order valence-electron chi connectivity index (χ2n) is 5.41. The summed E-state index contributed by atoms with van der Waals surface area (Å²) in [5.74, 6) is 1.65. The fraction of sp³-hybridized carbons (Fsp3) is 0.769. The summed E-state index contributed by atoms with van der Waals surface area (Å²) in [6.07, 6.45) is 2.90. The molecule has 1 amide bonds. The highest BCUT2D eigenvalue weighted by Crippen LogP contribution is 2.32. The van der Waals surface area contributed by atoms with Crippen LogP contribution in [0.2, 0.25) is 0 Å². The normalized spacial score (nSPS) is 23.3. The van der Waals surface area contributed by atoms with Gasteiger partial charge in [-0.15, -0.1) is 0 Å². The van der Waals surface area contributed by atoms with Crippen molar-refractivity contribution in [1.29, 1.82) is 0 Å². The Morgan fingerprint density at radius 1 is 1.53 bits per heavy atom. The van der Waals surface area contributed by atoms with Crippen LogP contribution in [0.5, 0.6) is 0 Å². The quantitative estimate of drug-likeness (QED) is 0.846. The molecule has 1 saturated heterocycles. The summed E-state index contributed by atoms with van der Waals surface area (Å²) in [4.78, 5) is 18.7. The summed E-state index contributed by atoms with van der Waals surface area (Å²) in [6.45, 7) is 6.20. The van der Waals surface area contributed by atoms with E-state index in [9.17, 15) is 4.79 Å². The average molecular weight is 265 g/mol. The molecule has 0 radical (unpaired) electrons. The third-order valence-corrected chi connectivity index (χ3v) is 3.97. The predicted molar refractivity (Wildman–Crippen MR) is 72.4 cm³/mol. The van der Waals surface area contributed by atoms with Gasteiger partial charge in [0.15, 0.2) is 5.82 Å². The third-order valence-electron chi connectivity index (χ3n) is 3.97. The van der Waals surface area contributed by atoms with E-state index in [2.05, 4.69) is 27.4 Å². The summed E-state index contributed by atoms with van der Waals surface area (Å²) < 4.78 is 0. The van der Waals surface area contributed by atoms with E-state index >= 15 is 0 Å². The smallest absolute Gasteiger partial charge is 0.230 e. The summed E-state index contributed by atoms with van der Waals surface area (Å²) in [5, 5.41) is 10.2. The summed E-state index contributed by atoms with van der Waals surface area (Å²) in [5.41, 5.74) is -0.252. The predicted octanol–water partition coefficient (Wildman–Crippen LogP) is 0.851. The molecule has 0 bridgehead atoms. The molecule has 6 nitrogen and oxygen atoms in total. The Balaban J connectivity index is 2.04. The van der Waals surface area contributed by atoms with Gasteiger partial charge in [0, 0.05) is 13.6 Å². The minimum atomic E-state index is -0.252. The van der Waals surface area contributed by atoms with Gasteiger partial charge in [-0.1, -0.05) is 6.92 Å². The highest BCUT2D eigenvalue weighted by Gasteiger charge is 2.39. The number of carbonyl (C=O) groups excluding carboxylic acids is 1. The molecule has 1 unspecified atom stereocenters. The molecule has 0 spiro atoms. The molecule has 19 heavy (non-hydrogen) atoms. The Morgan fingerprint density at radius 3 is 2.84 bits per heavy atom. The molecule has 2 rings (SSSR count). The van der Waals surface area contributed by atoms with E-state index in [0.717, 1.165) is 38.2 Å². The molecule has 1 aliphatic heterocycles. The maximum atomic E-state index is 12.7. The Morgan fingerprint density at radius 2 is 2.32 bits per heavy atom. The molecule has 6 heteroatoms. The zero-order valence-electron chi connectivity index (χ0n) is 12.0. The topological polar surface area (TPSA) is 73.9 Å². The van der Waals surface area contributed by atoms with Crippen LogP contribution in [0.1, 0.15) is 37.8 Å². The van der Waals surface area contributed by atoms with Crippen molar-refractivity contribution in [2.24, 2.45) is 5.41 Å². The van der Waals surface area contributed by atoms with Gasteiger partial charge in [0.25, 0.3) is 0 Å². The van der Waals surface area contributed by atoms with E-state index in [1.165, 1.54) is 0 Å². The number of hydrogen-bond donors (Lipinski definition) is 2. The first-order valence-electron chi connectivity index (χ1n) is 6.91. The first kappa shape index (κ1) is 14.0. The van der Waals surface area contributed by atoms with Crippen molar-refractivity contribution in [3.8, 4) is 0 Å². The van der Waals surface area contributed by atoms with Crippen LogP contribution in [0.4, 0.5) is 0 Å². The van der Waals surface area contributed by atoms with Crippen LogP contribution in [-0.2, 0) is 11.3 Å². The van der Waals surface area contributed by atoms with Gasteiger partial charge >= 0.3 is 0 Å². The number of nitrogens with zero attached hydrogens (tertiary/aromatic N) is 3. The van der Waals surface area contributed by atoms with E-state index in [1.54, 1.807) is 4.90 Å². The lowest BCUT2D eigenvalue weighted by Crippen LogP contribution is -2.50. The molecule has 2 heterocycles. The van der Waals surface area contributed by atoms with Gasteiger partial charge in [0.2, 0.25) is 5.91 Å². The van der Waals surface area contributed by atoms with Gasteiger partial charge in [-0.3, -0.25) is 9.89 Å². The van der Waals surface area contributed by atoms with Crippen LogP contribution < -0.4 is 5.32 Å². The molecule has 2 N–H and O–H groups in total. The number of aromatic nitrogens is 3. The van der Waals surface area contributed by atoms with Crippen LogP contribution in [-0.4, -0.2) is 46.1 Å². The lowest BCUT2D eigenvalue weighted by Gasteiger charge is -2.38. The highest BCUT2D eigenvalue weighted by atomic mass is 16.2. The molecule has 1 aliphatic rings. The van der Waals surface area contributed by atoms with Crippen molar-refractivity contribution in [3.05, 3.63) is 11.6 Å². The molecule has 1 atom stereocenters. The van der Waals surface area contributed by atoms with Gasteiger partial charge in [0.1, 0.15) is 5.82 Å². The molecule has 1 fully saturated rings. The largest absolute Gasteiger partial charge is 0.338 e. The number of H-pyrrole nitrogens is 1. The number of nitrogens with one attached hydrogen (secondary N) is 2. The number of hydrogen-bond acceptors (Lipinski definition) is 4. The molecule has 0 aliphatic carbocycles. The number of carbonyl (C=O) groups is 1. The van der Waals surface area contributed by atoms with Crippen LogP contribution in [0.15, 0.2) is 0 Å². The fourth-order valence-corrected chi connectivity index (χ4v) is 2.75. The van der Waals surface area contributed by atoms with Crippen molar-refractivity contribution in [3.63, 3.8) is 0 Å². The van der Waals surface area contributed by atoms with Crippen LogP contribution in [0.3, 0.4) is 0 Å². The Bertz CT molecular complexity index is 436. The minimum Gasteiger partial charge on any atom is -0.338 e. The molecule has 0 aromatic carbocycles. The maximum Gasteiger partial charge on any atom is 0.230 e. The van der Waals surface area contributed by atoms with E-state index in [-0.39, 0.29) is 11.3 Å². The van der Waals surface area contributed by atoms with Crippen molar-refractivity contribution in [1.82, 2.24) is 25.4 Å². The SMILES string of the molecule is CCC1(C(=O)N(C)Cc2n[nH]c(C)n2)CCCNC1. The minimum absolute atomic E-state index is 0.199. The Kier molecular flexibility index (Phi) is 4.19. The van der Waals surface area contributed by atoms with Crippen molar-refractivity contribution >= 4 is 5.91 Å². The second kappa shape index (κ2) is 5.69. The maximum absolute atomic E-state index is 12.7. The molecular formula is C13H23N5O. The number of piperidine rings is 1. The molecular weight excluding hydrogens is 242 g/mol. The van der Waals surface area contributed by atoms with Gasteiger partial charge in [-0.2, -0.15) is 5.10 Å². The zero-order valence-corrected chi connectivity index (χ0v) is 12.0. The lowest BCUT2D eigenvalue weighted by atomic mass is 9.77. The first-order chi connectivity index (χ1) is 9.07. The molecule has 106 valence electrons. The van der Waals surface area contributed by atoms with Gasteiger partial charge in [0.05, 0.1) is 12.0 Å². The number of rotatable bonds is 4. The summed E-state index contributed by atoms with van der Waals surface area (Å²) in [6, 6.07) is 0. The monoisotopic (exact) mass is 265 g/mol. The summed E-state index contributed by atoms with van der Waals surface area (Å²) in [7, 11) is 1.83. The van der Waals surface area contributed by atoms with E-state index < -0.39 is 0 Å². The van der Waals surface area contributed by atoms with Gasteiger partial charge in [-0.25, -0.2) is 4.98 Å².